The maximum Gasteiger partial charge on any atom is 0.410 e. The smallest absolute Gasteiger partial charge is 0.410 e. The van der Waals surface area contributed by atoms with Crippen molar-refractivity contribution in [3.8, 4) is 0 Å². The summed E-state index contributed by atoms with van der Waals surface area (Å²) in [6.45, 7) is 13.1. The molecule has 1 N–H and O–H groups in total. The molecule has 6 nitrogen and oxygen atoms in total. The Morgan fingerprint density at radius 1 is 1.32 bits per heavy atom. The molecule has 0 aromatic heterocycles. The third kappa shape index (κ3) is 5.16. The SMILES string of the molecule is CCN1CCC(NC2=NCCN(C(=O)OC(C)(C)C)C2)CC1. The Morgan fingerprint density at radius 2 is 2.00 bits per heavy atom. The highest BCUT2D eigenvalue weighted by Gasteiger charge is 2.26. The van der Waals surface area contributed by atoms with Crippen molar-refractivity contribution in [3.63, 3.8) is 0 Å². The van der Waals surface area contributed by atoms with Gasteiger partial charge in [-0.25, -0.2) is 4.79 Å². The molecular formula is C16H30N4O2. The average Bonchev–Trinajstić information content (AvgIpc) is 2.46. The Kier molecular flexibility index (Phi) is 5.67. The van der Waals surface area contributed by atoms with E-state index in [1.165, 1.54) is 0 Å². The number of amides is 1. The minimum atomic E-state index is -0.452. The minimum Gasteiger partial charge on any atom is -0.444 e. The van der Waals surface area contributed by atoms with E-state index in [-0.39, 0.29) is 6.09 Å². The molecule has 1 amide bonds. The molecule has 0 radical (unpaired) electrons. The topological polar surface area (TPSA) is 57.2 Å². The van der Waals surface area contributed by atoms with Crippen molar-refractivity contribution < 1.29 is 9.53 Å². The number of likely N-dealkylation sites (tertiary alicyclic amines) is 1. The fourth-order valence-corrected chi connectivity index (χ4v) is 2.82. The second kappa shape index (κ2) is 7.31. The number of nitrogens with zero attached hydrogens (tertiary/aromatic N) is 3. The van der Waals surface area contributed by atoms with E-state index in [1.54, 1.807) is 4.90 Å². The van der Waals surface area contributed by atoms with E-state index in [2.05, 4.69) is 22.1 Å². The molecular weight excluding hydrogens is 280 g/mol. The first-order valence-electron chi connectivity index (χ1n) is 8.37. The molecule has 0 spiro atoms. The van der Waals surface area contributed by atoms with Crippen LogP contribution in [0.25, 0.3) is 0 Å². The lowest BCUT2D eigenvalue weighted by Gasteiger charge is -2.34. The maximum atomic E-state index is 12.1. The van der Waals surface area contributed by atoms with Gasteiger partial charge in [-0.3, -0.25) is 9.89 Å². The van der Waals surface area contributed by atoms with Gasteiger partial charge in [0.25, 0.3) is 0 Å². The third-order valence-electron chi connectivity index (χ3n) is 4.07. The van der Waals surface area contributed by atoms with Crippen LogP contribution in [0.15, 0.2) is 4.99 Å². The number of ether oxygens (including phenoxy) is 1. The van der Waals surface area contributed by atoms with Gasteiger partial charge in [-0.2, -0.15) is 0 Å². The van der Waals surface area contributed by atoms with Gasteiger partial charge in [0, 0.05) is 25.7 Å². The summed E-state index contributed by atoms with van der Waals surface area (Å²) < 4.78 is 5.44. The summed E-state index contributed by atoms with van der Waals surface area (Å²) in [7, 11) is 0. The highest BCUT2D eigenvalue weighted by molar-refractivity contribution is 5.88. The number of carbonyl (C=O) groups excluding carboxylic acids is 1. The van der Waals surface area contributed by atoms with E-state index in [0.29, 0.717) is 25.7 Å². The molecule has 0 atom stereocenters. The lowest BCUT2D eigenvalue weighted by atomic mass is 10.1. The Morgan fingerprint density at radius 3 is 2.59 bits per heavy atom. The highest BCUT2D eigenvalue weighted by atomic mass is 16.6. The number of carbonyl (C=O) groups is 1. The van der Waals surface area contributed by atoms with Crippen molar-refractivity contribution in [2.75, 3.05) is 39.3 Å². The van der Waals surface area contributed by atoms with Gasteiger partial charge in [-0.1, -0.05) is 6.92 Å². The lowest BCUT2D eigenvalue weighted by Crippen LogP contribution is -2.51. The van der Waals surface area contributed by atoms with Gasteiger partial charge in [-0.05, 0) is 40.2 Å². The van der Waals surface area contributed by atoms with Gasteiger partial charge in [0.15, 0.2) is 0 Å². The molecule has 1 fully saturated rings. The first-order chi connectivity index (χ1) is 10.4. The van der Waals surface area contributed by atoms with Gasteiger partial charge in [0.2, 0.25) is 0 Å². The number of piperidine rings is 1. The monoisotopic (exact) mass is 310 g/mol. The summed E-state index contributed by atoms with van der Waals surface area (Å²) in [6, 6.07) is 0.472. The average molecular weight is 310 g/mol. The molecule has 2 rings (SSSR count). The normalized spacial score (nSPS) is 21.5. The number of aliphatic imine (C=N–C) groups is 1. The van der Waals surface area contributed by atoms with Crippen LogP contribution >= 0.6 is 0 Å². The Labute approximate surface area is 133 Å². The Bertz CT molecular complexity index is 409. The van der Waals surface area contributed by atoms with Crippen LogP contribution in [0.3, 0.4) is 0 Å². The van der Waals surface area contributed by atoms with Crippen LogP contribution in [0.1, 0.15) is 40.5 Å². The predicted molar refractivity (Wildman–Crippen MR) is 88.4 cm³/mol. The lowest BCUT2D eigenvalue weighted by molar-refractivity contribution is 0.0275. The fourth-order valence-electron chi connectivity index (χ4n) is 2.82. The van der Waals surface area contributed by atoms with E-state index in [9.17, 15) is 4.79 Å². The molecule has 22 heavy (non-hydrogen) atoms. The van der Waals surface area contributed by atoms with Gasteiger partial charge in [0.05, 0.1) is 13.1 Å². The molecule has 6 heteroatoms. The summed E-state index contributed by atoms with van der Waals surface area (Å²) >= 11 is 0. The van der Waals surface area contributed by atoms with E-state index in [4.69, 9.17) is 4.74 Å². The second-order valence-electron chi connectivity index (χ2n) is 7.08. The molecule has 2 aliphatic rings. The zero-order valence-electron chi connectivity index (χ0n) is 14.4. The summed E-state index contributed by atoms with van der Waals surface area (Å²) in [5, 5.41) is 3.52. The zero-order chi connectivity index (χ0) is 16.2. The maximum absolute atomic E-state index is 12.1. The van der Waals surface area contributed by atoms with Crippen LogP contribution < -0.4 is 5.32 Å². The van der Waals surface area contributed by atoms with Crippen LogP contribution in [-0.2, 0) is 4.74 Å². The quantitative estimate of drug-likeness (QED) is 0.843. The molecule has 0 aromatic carbocycles. The van der Waals surface area contributed by atoms with Crippen LogP contribution in [0.2, 0.25) is 0 Å². The first kappa shape index (κ1) is 17.1. The van der Waals surface area contributed by atoms with Crippen molar-refractivity contribution in [2.45, 2.75) is 52.2 Å². The second-order valence-corrected chi connectivity index (χ2v) is 7.08. The van der Waals surface area contributed by atoms with Crippen molar-refractivity contribution in [3.05, 3.63) is 0 Å². The van der Waals surface area contributed by atoms with Crippen LogP contribution in [0.4, 0.5) is 4.79 Å². The Hall–Kier alpha value is -1.30. The molecule has 126 valence electrons. The number of rotatable bonds is 2. The standard InChI is InChI=1S/C16H30N4O2/c1-5-19-9-6-13(7-10-19)18-14-12-20(11-8-17-14)15(21)22-16(2,3)4/h13H,5-12H2,1-4H3,(H,17,18). The molecule has 2 heterocycles. The fraction of sp³-hybridized carbons (Fsp3) is 0.875. The van der Waals surface area contributed by atoms with Crippen LogP contribution in [0, 0.1) is 0 Å². The van der Waals surface area contributed by atoms with Crippen molar-refractivity contribution in [1.82, 2.24) is 15.1 Å². The van der Waals surface area contributed by atoms with E-state index in [0.717, 1.165) is 38.3 Å². The number of hydrogen-bond acceptors (Lipinski definition) is 5. The van der Waals surface area contributed by atoms with Gasteiger partial charge >= 0.3 is 6.09 Å². The predicted octanol–water partition coefficient (Wildman–Crippen LogP) is 1.71. The minimum absolute atomic E-state index is 0.248. The number of nitrogens with one attached hydrogen (secondary N) is 1. The summed E-state index contributed by atoms with van der Waals surface area (Å²) in [5.74, 6) is 0.923. The summed E-state index contributed by atoms with van der Waals surface area (Å²) in [5.41, 5.74) is -0.452. The molecule has 0 aromatic rings. The number of amidine groups is 1. The van der Waals surface area contributed by atoms with Crippen molar-refractivity contribution >= 4 is 11.9 Å². The molecule has 0 unspecified atom stereocenters. The zero-order valence-corrected chi connectivity index (χ0v) is 14.4. The van der Waals surface area contributed by atoms with Gasteiger partial charge < -0.3 is 15.0 Å². The number of hydrogen-bond donors (Lipinski definition) is 1. The largest absolute Gasteiger partial charge is 0.444 e. The Balaban J connectivity index is 1.81. The summed E-state index contributed by atoms with van der Waals surface area (Å²) in [6.07, 6.45) is 2.03. The molecule has 0 saturated carbocycles. The molecule has 2 aliphatic heterocycles. The van der Waals surface area contributed by atoms with Gasteiger partial charge in [0.1, 0.15) is 11.4 Å². The molecule has 0 bridgehead atoms. The van der Waals surface area contributed by atoms with Crippen molar-refractivity contribution in [2.24, 2.45) is 4.99 Å². The van der Waals surface area contributed by atoms with Gasteiger partial charge in [-0.15, -0.1) is 0 Å². The van der Waals surface area contributed by atoms with Crippen molar-refractivity contribution in [1.29, 1.82) is 0 Å². The first-order valence-corrected chi connectivity index (χ1v) is 8.37. The highest BCUT2D eigenvalue weighted by Crippen LogP contribution is 2.13. The summed E-state index contributed by atoms with van der Waals surface area (Å²) in [4.78, 5) is 20.9. The van der Waals surface area contributed by atoms with E-state index in [1.807, 2.05) is 20.8 Å². The third-order valence-corrected chi connectivity index (χ3v) is 4.07. The molecule has 0 aliphatic carbocycles. The van der Waals surface area contributed by atoms with E-state index < -0.39 is 5.60 Å². The molecule has 1 saturated heterocycles. The van der Waals surface area contributed by atoms with Crippen LogP contribution in [0.5, 0.6) is 0 Å². The van der Waals surface area contributed by atoms with Crippen LogP contribution in [-0.4, -0.2) is 72.6 Å². The van der Waals surface area contributed by atoms with E-state index >= 15 is 0 Å².